The number of carbonyl (C=O) groups excluding carboxylic acids is 3. The van der Waals surface area contributed by atoms with Gasteiger partial charge in [-0.1, -0.05) is 24.8 Å². The summed E-state index contributed by atoms with van der Waals surface area (Å²) in [5.74, 6) is -1.81. The molecule has 2 heterocycles. The number of nitrogens with zero attached hydrogens (tertiary/aromatic N) is 4. The zero-order valence-electron chi connectivity index (χ0n) is 18.3. The van der Waals surface area contributed by atoms with Gasteiger partial charge in [-0.15, -0.1) is 0 Å². The van der Waals surface area contributed by atoms with Gasteiger partial charge in [-0.25, -0.2) is 19.2 Å². The van der Waals surface area contributed by atoms with Crippen molar-refractivity contribution in [3.8, 4) is 0 Å². The molecule has 1 fully saturated rings. The van der Waals surface area contributed by atoms with Gasteiger partial charge in [0.15, 0.2) is 0 Å². The lowest BCUT2D eigenvalue weighted by molar-refractivity contribution is 0.0404. The lowest BCUT2D eigenvalue weighted by Crippen LogP contribution is -2.55. The fraction of sp³-hybridized carbons (Fsp3) is 0.348. The van der Waals surface area contributed by atoms with Crippen molar-refractivity contribution < 1.29 is 23.5 Å². The molecule has 1 unspecified atom stereocenters. The molecule has 1 aromatic carbocycles. The van der Waals surface area contributed by atoms with Crippen LogP contribution in [-0.2, 0) is 4.74 Å². The highest BCUT2D eigenvalue weighted by Crippen LogP contribution is 2.20. The molecule has 3 rings (SSSR count). The molecule has 0 saturated carbocycles. The third-order valence-corrected chi connectivity index (χ3v) is 5.22. The van der Waals surface area contributed by atoms with Crippen molar-refractivity contribution in [2.45, 2.75) is 26.8 Å². The van der Waals surface area contributed by atoms with Crippen LogP contribution in [0, 0.1) is 19.7 Å². The van der Waals surface area contributed by atoms with Gasteiger partial charge in [0.2, 0.25) is 0 Å². The smallest absolute Gasteiger partial charge is 0.342 e. The summed E-state index contributed by atoms with van der Waals surface area (Å²) in [6, 6.07) is 5.45. The van der Waals surface area contributed by atoms with Crippen LogP contribution in [0.5, 0.6) is 0 Å². The summed E-state index contributed by atoms with van der Waals surface area (Å²) >= 11 is 0. The molecule has 0 spiro atoms. The number of aryl methyl sites for hydroxylation is 2. The Bertz CT molecular complexity index is 1070. The number of rotatable bonds is 5. The fourth-order valence-corrected chi connectivity index (χ4v) is 3.70. The topological polar surface area (TPSA) is 92.7 Å². The molecule has 168 valence electrons. The summed E-state index contributed by atoms with van der Waals surface area (Å²) in [6.45, 7) is 9.19. The van der Waals surface area contributed by atoms with E-state index in [9.17, 15) is 18.8 Å². The number of aromatic nitrogens is 2. The third-order valence-electron chi connectivity index (χ3n) is 5.22. The first-order valence-electron chi connectivity index (χ1n) is 10.2. The highest BCUT2D eigenvalue weighted by atomic mass is 19.1. The van der Waals surface area contributed by atoms with Gasteiger partial charge in [0.1, 0.15) is 29.5 Å². The summed E-state index contributed by atoms with van der Waals surface area (Å²) in [6.07, 6.45) is 1.43. The predicted molar refractivity (Wildman–Crippen MR) is 115 cm³/mol. The van der Waals surface area contributed by atoms with E-state index < -0.39 is 23.6 Å². The molecule has 1 atom stereocenters. The van der Waals surface area contributed by atoms with Gasteiger partial charge in [-0.2, -0.15) is 0 Å². The lowest BCUT2D eigenvalue weighted by atomic mass is 10.1. The molecule has 0 bridgehead atoms. The third kappa shape index (κ3) is 4.66. The van der Waals surface area contributed by atoms with Gasteiger partial charge >= 0.3 is 5.97 Å². The molecule has 0 radical (unpaired) electrons. The van der Waals surface area contributed by atoms with Crippen molar-refractivity contribution in [3.63, 3.8) is 0 Å². The first-order chi connectivity index (χ1) is 15.2. The van der Waals surface area contributed by atoms with E-state index in [2.05, 4.69) is 16.5 Å². The van der Waals surface area contributed by atoms with Crippen molar-refractivity contribution in [1.29, 1.82) is 0 Å². The maximum atomic E-state index is 14.1. The largest absolute Gasteiger partial charge is 0.458 e. The molecule has 8 nitrogen and oxygen atoms in total. The van der Waals surface area contributed by atoms with Gasteiger partial charge in [-0.3, -0.25) is 9.59 Å². The molecular formula is C23H25FN4O4. The van der Waals surface area contributed by atoms with E-state index in [4.69, 9.17) is 4.74 Å². The summed E-state index contributed by atoms with van der Waals surface area (Å²) in [7, 11) is 0. The highest BCUT2D eigenvalue weighted by Gasteiger charge is 2.34. The summed E-state index contributed by atoms with van der Waals surface area (Å²) in [4.78, 5) is 50.1. The van der Waals surface area contributed by atoms with Crippen molar-refractivity contribution in [2.24, 2.45) is 0 Å². The summed E-state index contributed by atoms with van der Waals surface area (Å²) < 4.78 is 19.2. The minimum Gasteiger partial charge on any atom is -0.458 e. The van der Waals surface area contributed by atoms with Crippen LogP contribution < -0.4 is 0 Å². The number of esters is 1. The van der Waals surface area contributed by atoms with Crippen LogP contribution in [0.4, 0.5) is 4.39 Å². The molecule has 0 aliphatic carbocycles. The minimum atomic E-state index is -0.702. The first-order valence-corrected chi connectivity index (χ1v) is 10.2. The normalized spacial score (nSPS) is 15.9. The Kier molecular flexibility index (Phi) is 6.97. The maximum Gasteiger partial charge on any atom is 0.342 e. The summed E-state index contributed by atoms with van der Waals surface area (Å²) in [5, 5.41) is 0. The second-order valence-electron chi connectivity index (χ2n) is 7.55. The Hall–Kier alpha value is -3.62. The van der Waals surface area contributed by atoms with Crippen LogP contribution in [0.15, 0.2) is 36.9 Å². The van der Waals surface area contributed by atoms with E-state index in [1.54, 1.807) is 26.8 Å². The molecular weight excluding hydrogens is 415 g/mol. The van der Waals surface area contributed by atoms with Crippen LogP contribution >= 0.6 is 0 Å². The summed E-state index contributed by atoms with van der Waals surface area (Å²) in [5.41, 5.74) is 0.315. The van der Waals surface area contributed by atoms with Gasteiger partial charge in [-0.05, 0) is 32.9 Å². The minimum absolute atomic E-state index is 0.00609. The van der Waals surface area contributed by atoms with Crippen molar-refractivity contribution in [2.75, 3.05) is 26.2 Å². The zero-order valence-corrected chi connectivity index (χ0v) is 18.3. The second-order valence-corrected chi connectivity index (χ2v) is 7.55. The Balaban J connectivity index is 1.82. The second kappa shape index (κ2) is 9.67. The fourth-order valence-electron chi connectivity index (χ4n) is 3.70. The molecule has 0 N–H and O–H groups in total. The molecule has 1 saturated heterocycles. The SMILES string of the molecule is C=CCOC(=O)c1c(C)nc(C)nc1C(=O)N1CCN(C(=O)c2ccccc2F)C(C)C1. The molecule has 9 heteroatoms. The zero-order chi connectivity index (χ0) is 23.4. The van der Waals surface area contributed by atoms with E-state index in [1.165, 1.54) is 34.1 Å². The van der Waals surface area contributed by atoms with Crippen LogP contribution in [0.2, 0.25) is 0 Å². The van der Waals surface area contributed by atoms with E-state index in [1.807, 2.05) is 0 Å². The van der Waals surface area contributed by atoms with Crippen molar-refractivity contribution >= 4 is 17.8 Å². The van der Waals surface area contributed by atoms with Crippen LogP contribution in [0.3, 0.4) is 0 Å². The number of benzene rings is 1. The average Bonchev–Trinajstić information content (AvgIpc) is 2.76. The number of piperazine rings is 1. The van der Waals surface area contributed by atoms with E-state index >= 15 is 0 Å². The molecule has 1 aliphatic heterocycles. The number of hydrogen-bond donors (Lipinski definition) is 0. The van der Waals surface area contributed by atoms with Crippen LogP contribution in [-0.4, -0.2) is 69.8 Å². The van der Waals surface area contributed by atoms with Crippen LogP contribution in [0.25, 0.3) is 0 Å². The average molecular weight is 440 g/mol. The van der Waals surface area contributed by atoms with Crippen molar-refractivity contribution in [1.82, 2.24) is 19.8 Å². The van der Waals surface area contributed by atoms with Crippen molar-refractivity contribution in [3.05, 3.63) is 71.1 Å². The Morgan fingerprint density at radius 1 is 1.19 bits per heavy atom. The van der Waals surface area contributed by atoms with Gasteiger partial charge in [0.05, 0.1) is 11.3 Å². The Labute approximate surface area is 185 Å². The lowest BCUT2D eigenvalue weighted by Gasteiger charge is -2.40. The maximum absolute atomic E-state index is 14.1. The molecule has 1 aromatic heterocycles. The van der Waals surface area contributed by atoms with Crippen LogP contribution in [0.1, 0.15) is 49.6 Å². The van der Waals surface area contributed by atoms with E-state index in [0.29, 0.717) is 11.5 Å². The first kappa shape index (κ1) is 23.1. The van der Waals surface area contributed by atoms with E-state index in [-0.39, 0.29) is 49.1 Å². The molecule has 2 amide bonds. The quantitative estimate of drug-likeness (QED) is 0.524. The number of amides is 2. The Morgan fingerprint density at radius 2 is 1.91 bits per heavy atom. The van der Waals surface area contributed by atoms with Gasteiger partial charge < -0.3 is 14.5 Å². The van der Waals surface area contributed by atoms with Gasteiger partial charge in [0.25, 0.3) is 11.8 Å². The number of carbonyl (C=O) groups is 3. The molecule has 32 heavy (non-hydrogen) atoms. The number of halogens is 1. The number of hydrogen-bond acceptors (Lipinski definition) is 6. The predicted octanol–water partition coefficient (Wildman–Crippen LogP) is 2.56. The standard InChI is InChI=1S/C23H25FN4O4/c1-5-12-32-23(31)19-15(3)25-16(4)26-20(19)22(30)27-10-11-28(14(2)13-27)21(29)17-8-6-7-9-18(17)24/h5-9,14H,1,10-13H2,2-4H3. The Morgan fingerprint density at radius 3 is 2.56 bits per heavy atom. The highest BCUT2D eigenvalue weighted by molar-refractivity contribution is 6.04. The van der Waals surface area contributed by atoms with Gasteiger partial charge in [0, 0.05) is 25.7 Å². The monoisotopic (exact) mass is 440 g/mol. The van der Waals surface area contributed by atoms with E-state index in [0.717, 1.165) is 0 Å². The number of ether oxygens (including phenoxy) is 1. The molecule has 2 aromatic rings. The molecule has 1 aliphatic rings.